The summed E-state index contributed by atoms with van der Waals surface area (Å²) in [5, 5.41) is 4.06. The third-order valence-corrected chi connectivity index (χ3v) is 4.43. The molecule has 1 saturated carbocycles. The van der Waals surface area contributed by atoms with E-state index in [1.807, 2.05) is 18.2 Å². The summed E-state index contributed by atoms with van der Waals surface area (Å²) in [4.78, 5) is 12.2. The van der Waals surface area contributed by atoms with E-state index >= 15 is 0 Å². The van der Waals surface area contributed by atoms with Crippen LogP contribution in [0.1, 0.15) is 23.5 Å². The molecule has 0 radical (unpaired) electrons. The lowest BCUT2D eigenvalue weighted by Crippen LogP contribution is -2.20. The molecule has 1 amide bonds. The number of hydrogen-bond donors (Lipinski definition) is 1. The van der Waals surface area contributed by atoms with Crippen LogP contribution in [0.5, 0.6) is 17.2 Å². The molecule has 0 spiro atoms. The fourth-order valence-corrected chi connectivity index (χ4v) is 2.98. The number of hydrazone groups is 1. The quantitative estimate of drug-likeness (QED) is 0.613. The molecule has 2 unspecified atom stereocenters. The van der Waals surface area contributed by atoms with Gasteiger partial charge in [-0.2, -0.15) is 5.10 Å². The maximum Gasteiger partial charge on any atom is 0.243 e. The largest absolute Gasteiger partial charge is 0.493 e. The lowest BCUT2D eigenvalue weighted by molar-refractivity contribution is -0.122. The van der Waals surface area contributed by atoms with Crippen LogP contribution < -0.4 is 19.6 Å². The summed E-state index contributed by atoms with van der Waals surface area (Å²) in [6.07, 6.45) is 2.41. The number of nitrogens with one attached hydrogen (secondary N) is 1. The standard InChI is InChI=1S/C20H22N2O4/c1-24-17-9-13(10-18(25-2)19(17)26-3)12-21-22-20(23)16-11-15(16)14-7-5-4-6-8-14/h4-10,12,15-16H,11H2,1-3H3,(H,22,23). The Morgan fingerprint density at radius 3 is 2.31 bits per heavy atom. The monoisotopic (exact) mass is 354 g/mol. The second-order valence-electron chi connectivity index (χ2n) is 6.05. The first-order valence-electron chi connectivity index (χ1n) is 8.35. The van der Waals surface area contributed by atoms with Crippen LogP contribution in [-0.4, -0.2) is 33.5 Å². The molecule has 0 heterocycles. The van der Waals surface area contributed by atoms with Gasteiger partial charge in [0.25, 0.3) is 0 Å². The number of carbonyl (C=O) groups is 1. The number of ether oxygens (including phenoxy) is 3. The van der Waals surface area contributed by atoms with Crippen molar-refractivity contribution in [3.63, 3.8) is 0 Å². The van der Waals surface area contributed by atoms with E-state index in [9.17, 15) is 4.79 Å². The summed E-state index contributed by atoms with van der Waals surface area (Å²) < 4.78 is 15.9. The Hall–Kier alpha value is -3.02. The van der Waals surface area contributed by atoms with E-state index in [-0.39, 0.29) is 17.7 Å². The fourth-order valence-electron chi connectivity index (χ4n) is 2.98. The highest BCUT2D eigenvalue weighted by Crippen LogP contribution is 2.47. The van der Waals surface area contributed by atoms with Gasteiger partial charge in [0.1, 0.15) is 0 Å². The molecule has 26 heavy (non-hydrogen) atoms. The van der Waals surface area contributed by atoms with Crippen LogP contribution in [0.25, 0.3) is 0 Å². The van der Waals surface area contributed by atoms with Crippen molar-refractivity contribution in [1.29, 1.82) is 0 Å². The summed E-state index contributed by atoms with van der Waals surface area (Å²) in [5.74, 6) is 1.78. The van der Waals surface area contributed by atoms with E-state index in [2.05, 4.69) is 22.7 Å². The Bertz CT molecular complexity index is 780. The van der Waals surface area contributed by atoms with Gasteiger partial charge in [-0.25, -0.2) is 5.43 Å². The van der Waals surface area contributed by atoms with Crippen LogP contribution in [0.4, 0.5) is 0 Å². The van der Waals surface area contributed by atoms with Crippen LogP contribution in [0.3, 0.4) is 0 Å². The topological polar surface area (TPSA) is 69.2 Å². The molecular formula is C20H22N2O4. The van der Waals surface area contributed by atoms with Crippen LogP contribution in [0.2, 0.25) is 0 Å². The summed E-state index contributed by atoms with van der Waals surface area (Å²) in [7, 11) is 4.65. The molecular weight excluding hydrogens is 332 g/mol. The van der Waals surface area contributed by atoms with Crippen LogP contribution in [0.15, 0.2) is 47.6 Å². The third kappa shape index (κ3) is 3.79. The number of benzene rings is 2. The van der Waals surface area contributed by atoms with Crippen molar-refractivity contribution in [2.75, 3.05) is 21.3 Å². The van der Waals surface area contributed by atoms with Crippen molar-refractivity contribution in [2.24, 2.45) is 11.0 Å². The van der Waals surface area contributed by atoms with Crippen molar-refractivity contribution in [1.82, 2.24) is 5.43 Å². The number of carbonyl (C=O) groups excluding carboxylic acids is 1. The smallest absolute Gasteiger partial charge is 0.243 e. The summed E-state index contributed by atoms with van der Waals surface area (Å²) >= 11 is 0. The Labute approximate surface area is 152 Å². The first kappa shape index (κ1) is 17.8. The van der Waals surface area contributed by atoms with Gasteiger partial charge in [-0.15, -0.1) is 0 Å². The Kier molecular flexibility index (Phi) is 5.41. The summed E-state index contributed by atoms with van der Waals surface area (Å²) in [6.45, 7) is 0. The summed E-state index contributed by atoms with van der Waals surface area (Å²) in [5.41, 5.74) is 4.54. The number of rotatable bonds is 7. The van der Waals surface area contributed by atoms with Gasteiger partial charge in [-0.1, -0.05) is 30.3 Å². The molecule has 1 N–H and O–H groups in total. The first-order valence-corrected chi connectivity index (χ1v) is 8.35. The molecule has 0 saturated heterocycles. The van der Waals surface area contributed by atoms with Crippen molar-refractivity contribution < 1.29 is 19.0 Å². The van der Waals surface area contributed by atoms with E-state index in [1.54, 1.807) is 39.7 Å². The van der Waals surface area contributed by atoms with Gasteiger partial charge in [-0.3, -0.25) is 4.79 Å². The van der Waals surface area contributed by atoms with E-state index in [0.29, 0.717) is 17.2 Å². The highest BCUT2D eigenvalue weighted by Gasteiger charge is 2.43. The predicted molar refractivity (Wildman–Crippen MR) is 99.1 cm³/mol. The van der Waals surface area contributed by atoms with E-state index in [4.69, 9.17) is 14.2 Å². The minimum Gasteiger partial charge on any atom is -0.493 e. The molecule has 2 aromatic rings. The average Bonchev–Trinajstić information content (AvgIpc) is 3.48. The molecule has 2 aromatic carbocycles. The van der Waals surface area contributed by atoms with Crippen LogP contribution in [0, 0.1) is 5.92 Å². The minimum atomic E-state index is -0.0671. The maximum atomic E-state index is 12.2. The van der Waals surface area contributed by atoms with Crippen LogP contribution >= 0.6 is 0 Å². The second kappa shape index (κ2) is 7.91. The lowest BCUT2D eigenvalue weighted by Gasteiger charge is -2.12. The van der Waals surface area contributed by atoms with E-state index in [1.165, 1.54) is 5.56 Å². The highest BCUT2D eigenvalue weighted by molar-refractivity contribution is 5.86. The molecule has 6 heteroatoms. The molecule has 1 aliphatic rings. The second-order valence-corrected chi connectivity index (χ2v) is 6.05. The Balaban J connectivity index is 1.63. The predicted octanol–water partition coefficient (Wildman–Crippen LogP) is 2.97. The highest BCUT2D eigenvalue weighted by atomic mass is 16.5. The zero-order valence-corrected chi connectivity index (χ0v) is 15.1. The van der Waals surface area contributed by atoms with Gasteiger partial charge in [0, 0.05) is 11.5 Å². The van der Waals surface area contributed by atoms with Gasteiger partial charge in [0.15, 0.2) is 11.5 Å². The Morgan fingerprint density at radius 2 is 1.73 bits per heavy atom. The fraction of sp³-hybridized carbons (Fsp3) is 0.300. The molecule has 3 rings (SSSR count). The molecule has 0 aromatic heterocycles. The van der Waals surface area contributed by atoms with E-state index < -0.39 is 0 Å². The number of hydrogen-bond acceptors (Lipinski definition) is 5. The SMILES string of the molecule is COc1cc(C=NNC(=O)C2CC2c2ccccc2)cc(OC)c1OC. The van der Waals surface area contributed by atoms with Crippen molar-refractivity contribution in [3.05, 3.63) is 53.6 Å². The molecule has 136 valence electrons. The van der Waals surface area contributed by atoms with E-state index in [0.717, 1.165) is 12.0 Å². The lowest BCUT2D eigenvalue weighted by atomic mass is 10.1. The molecule has 0 bridgehead atoms. The molecule has 6 nitrogen and oxygen atoms in total. The number of methoxy groups -OCH3 is 3. The van der Waals surface area contributed by atoms with Gasteiger partial charge >= 0.3 is 0 Å². The van der Waals surface area contributed by atoms with Gasteiger partial charge in [-0.05, 0) is 30.0 Å². The first-order chi connectivity index (χ1) is 12.7. The molecule has 2 atom stereocenters. The number of nitrogens with zero attached hydrogens (tertiary/aromatic N) is 1. The van der Waals surface area contributed by atoms with Crippen molar-refractivity contribution in [2.45, 2.75) is 12.3 Å². The van der Waals surface area contributed by atoms with Gasteiger partial charge in [0.2, 0.25) is 11.7 Å². The van der Waals surface area contributed by atoms with Gasteiger partial charge < -0.3 is 14.2 Å². The van der Waals surface area contributed by atoms with Crippen molar-refractivity contribution in [3.8, 4) is 17.2 Å². The molecule has 0 aliphatic heterocycles. The Morgan fingerprint density at radius 1 is 1.08 bits per heavy atom. The molecule has 1 aliphatic carbocycles. The van der Waals surface area contributed by atoms with Gasteiger partial charge in [0.05, 0.1) is 27.5 Å². The maximum absolute atomic E-state index is 12.2. The normalized spacial score (nSPS) is 18.4. The average molecular weight is 354 g/mol. The van der Waals surface area contributed by atoms with Crippen molar-refractivity contribution >= 4 is 12.1 Å². The summed E-state index contributed by atoms with van der Waals surface area (Å²) in [6, 6.07) is 13.6. The zero-order valence-electron chi connectivity index (χ0n) is 15.1. The minimum absolute atomic E-state index is 0.0190. The van der Waals surface area contributed by atoms with Crippen LogP contribution in [-0.2, 0) is 4.79 Å². The third-order valence-electron chi connectivity index (χ3n) is 4.43. The zero-order chi connectivity index (χ0) is 18.5. The number of amides is 1. The molecule has 1 fully saturated rings.